The van der Waals surface area contributed by atoms with Crippen LogP contribution >= 0.6 is 78.9 Å². The lowest BCUT2D eigenvalue weighted by Gasteiger charge is -2.37. The zero-order valence-electron chi connectivity index (χ0n) is 13.2. The van der Waals surface area contributed by atoms with E-state index in [-0.39, 0.29) is 3.74 Å². The number of hydrogen-bond donors (Lipinski definition) is 0. The van der Waals surface area contributed by atoms with Crippen molar-refractivity contribution >= 4 is 78.9 Å². The van der Waals surface area contributed by atoms with Crippen LogP contribution in [0.25, 0.3) is 0 Å². The van der Waals surface area contributed by atoms with E-state index in [1.54, 1.807) is 18.2 Å². The second kappa shape index (κ2) is 9.09. The molecule has 0 heterocycles. The summed E-state index contributed by atoms with van der Waals surface area (Å²) in [5.41, 5.74) is 1.22. The van der Waals surface area contributed by atoms with Crippen LogP contribution in [0.15, 0.2) is 22.7 Å². The molecule has 12 heteroatoms. The van der Waals surface area contributed by atoms with E-state index in [1.807, 2.05) is 0 Å². The average molecular weight is 638 g/mol. The van der Waals surface area contributed by atoms with Gasteiger partial charge < -0.3 is 18.1 Å². The predicted octanol–water partition coefficient (Wildman–Crippen LogP) is 6.71. The minimum absolute atomic E-state index is 0.0895. The van der Waals surface area contributed by atoms with Crippen molar-refractivity contribution in [2.45, 2.75) is 7.54 Å². The van der Waals surface area contributed by atoms with Crippen LogP contribution < -0.4 is 0 Å². The zero-order chi connectivity index (χ0) is 18.8. The smallest absolute Gasteiger partial charge is 0.310 e. The molecule has 1 aromatic rings. The van der Waals surface area contributed by atoms with Gasteiger partial charge in [0.2, 0.25) is 0 Å². The molecule has 0 aliphatic carbocycles. The first-order valence-electron chi connectivity index (χ1n) is 6.27. The normalized spacial score (nSPS) is 13.5. The topological polar surface area (TPSA) is 71.1 Å². The lowest BCUT2D eigenvalue weighted by atomic mass is 10.2. The van der Waals surface area contributed by atoms with Gasteiger partial charge in [0.1, 0.15) is 0 Å². The Bertz CT molecular complexity index is 642. The van der Waals surface area contributed by atoms with Crippen LogP contribution in [-0.2, 0) is 31.0 Å². The summed E-state index contributed by atoms with van der Waals surface area (Å²) in [7, 11) is -3.19. The highest BCUT2D eigenvalue weighted by molar-refractivity contribution is 9.24. The van der Waals surface area contributed by atoms with Crippen LogP contribution in [0.4, 0.5) is 0 Å². The molecule has 0 aliphatic rings. The minimum atomic E-state index is -4.00. The second-order valence-electron chi connectivity index (χ2n) is 4.35. The minimum Gasteiger partial charge on any atom is -0.310 e. The number of alkyl halides is 3. The van der Waals surface area contributed by atoms with E-state index < -0.39 is 19.0 Å². The number of rotatable bonds is 8. The Hall–Kier alpha value is 1.44. The van der Waals surface area contributed by atoms with Gasteiger partial charge in [-0.15, -0.1) is 0 Å². The molecule has 0 aliphatic heterocycles. The quantitative estimate of drug-likeness (QED) is 0.233. The molecule has 0 unspecified atom stereocenters. The molecule has 0 saturated carbocycles. The molecule has 0 saturated heterocycles. The van der Waals surface area contributed by atoms with Crippen LogP contribution in [0.3, 0.4) is 0 Å². The van der Waals surface area contributed by atoms with Crippen LogP contribution in [-0.4, -0.2) is 28.4 Å². The Morgan fingerprint density at radius 1 is 0.958 bits per heavy atom. The van der Waals surface area contributed by atoms with E-state index in [1.165, 1.54) is 28.4 Å². The monoisotopic (exact) mass is 634 g/mol. The maximum Gasteiger partial charge on any atom is 0.363 e. The molecule has 0 atom stereocenters. The summed E-state index contributed by atoms with van der Waals surface area (Å²) in [6.07, 6.45) is 0. The third-order valence-corrected chi connectivity index (χ3v) is 13.3. The largest absolute Gasteiger partial charge is 0.363 e. The third kappa shape index (κ3) is 3.98. The van der Waals surface area contributed by atoms with Gasteiger partial charge in [-0.2, -0.15) is 0 Å². The Morgan fingerprint density at radius 3 is 1.67 bits per heavy atom. The fourth-order valence-electron chi connectivity index (χ4n) is 2.00. The summed E-state index contributed by atoms with van der Waals surface area (Å²) < 4.78 is 45.5. The summed E-state index contributed by atoms with van der Waals surface area (Å²) in [5.74, 6) is 0. The zero-order valence-corrected chi connectivity index (χ0v) is 21.3. The van der Waals surface area contributed by atoms with Gasteiger partial charge in [0, 0.05) is 38.5 Å². The van der Waals surface area contributed by atoms with Gasteiger partial charge in [-0.1, -0.05) is 75.9 Å². The Morgan fingerprint density at radius 2 is 1.38 bits per heavy atom. The Labute approximate surface area is 174 Å². The summed E-state index contributed by atoms with van der Waals surface area (Å²) in [6, 6.07) is 5.17. The molecule has 0 bridgehead atoms. The van der Waals surface area contributed by atoms with Gasteiger partial charge in [-0.3, -0.25) is 9.13 Å². The fourth-order valence-corrected chi connectivity index (χ4v) is 10.3. The van der Waals surface area contributed by atoms with Gasteiger partial charge in [-0.05, 0) is 11.6 Å². The van der Waals surface area contributed by atoms with Crippen molar-refractivity contribution in [3.8, 4) is 0 Å². The van der Waals surface area contributed by atoms with Crippen molar-refractivity contribution in [2.24, 2.45) is 0 Å². The van der Waals surface area contributed by atoms with Crippen LogP contribution in [0.2, 0.25) is 0 Å². The standard InChI is InChI=1S/C12H16Br4O6P2/c1-19-23(17,20-2)12(16,24(18,21-3)22-4)9-6-5-8(11(14)15)7-10(9)13/h5-7,11H,1-4H3. The van der Waals surface area contributed by atoms with E-state index in [0.29, 0.717) is 10.0 Å². The van der Waals surface area contributed by atoms with Crippen LogP contribution in [0.1, 0.15) is 14.9 Å². The Kier molecular flexibility index (Phi) is 8.89. The molecule has 6 nitrogen and oxygen atoms in total. The molecule has 0 radical (unpaired) electrons. The van der Waals surface area contributed by atoms with Crippen LogP contribution in [0.5, 0.6) is 0 Å². The molecule has 0 fully saturated rings. The molecule has 0 aromatic heterocycles. The van der Waals surface area contributed by atoms with E-state index >= 15 is 0 Å². The van der Waals surface area contributed by atoms with Crippen molar-refractivity contribution in [1.82, 2.24) is 0 Å². The molecule has 24 heavy (non-hydrogen) atoms. The molecular weight excluding hydrogens is 622 g/mol. The molecule has 0 N–H and O–H groups in total. The highest BCUT2D eigenvalue weighted by Gasteiger charge is 2.65. The highest BCUT2D eigenvalue weighted by Crippen LogP contribution is 2.85. The first-order chi connectivity index (χ1) is 11.1. The molecule has 1 rings (SSSR count). The van der Waals surface area contributed by atoms with Gasteiger partial charge >= 0.3 is 15.2 Å². The third-order valence-electron chi connectivity index (χ3n) is 3.28. The fraction of sp³-hybridized carbons (Fsp3) is 0.500. The van der Waals surface area contributed by atoms with E-state index in [2.05, 4.69) is 63.7 Å². The van der Waals surface area contributed by atoms with E-state index in [4.69, 9.17) is 18.1 Å². The van der Waals surface area contributed by atoms with E-state index in [0.717, 1.165) is 5.56 Å². The SMILES string of the molecule is COP(=O)(OC)C(Br)(c1ccc(C(Br)Br)cc1Br)P(=O)(OC)OC. The summed E-state index contributed by atoms with van der Waals surface area (Å²) in [5, 5.41) is 0. The maximum absolute atomic E-state index is 13.2. The summed E-state index contributed by atoms with van der Waals surface area (Å²) in [6.45, 7) is 0. The van der Waals surface area contributed by atoms with Crippen molar-refractivity contribution in [2.75, 3.05) is 28.4 Å². The molecule has 138 valence electrons. The van der Waals surface area contributed by atoms with Gasteiger partial charge in [0.15, 0.2) is 0 Å². The molecular formula is C12H16Br4O6P2. The van der Waals surface area contributed by atoms with Crippen molar-refractivity contribution in [3.05, 3.63) is 33.8 Å². The average Bonchev–Trinajstić information content (AvgIpc) is 2.59. The number of benzene rings is 1. The van der Waals surface area contributed by atoms with Crippen molar-refractivity contribution in [1.29, 1.82) is 0 Å². The number of hydrogen-bond acceptors (Lipinski definition) is 6. The van der Waals surface area contributed by atoms with Gasteiger partial charge in [0.25, 0.3) is 3.81 Å². The molecule has 0 spiro atoms. The van der Waals surface area contributed by atoms with Crippen molar-refractivity contribution < 1.29 is 27.2 Å². The first kappa shape index (κ1) is 23.5. The van der Waals surface area contributed by atoms with E-state index in [9.17, 15) is 9.13 Å². The maximum atomic E-state index is 13.2. The lowest BCUT2D eigenvalue weighted by Crippen LogP contribution is -2.23. The van der Waals surface area contributed by atoms with Crippen molar-refractivity contribution in [3.63, 3.8) is 0 Å². The Balaban J connectivity index is 3.80. The number of halogens is 4. The summed E-state index contributed by atoms with van der Waals surface area (Å²) in [4.78, 5) is 0. The highest BCUT2D eigenvalue weighted by atomic mass is 79.9. The molecule has 0 amide bonds. The second-order valence-corrected chi connectivity index (χ2v) is 15.8. The van der Waals surface area contributed by atoms with Gasteiger partial charge in [-0.25, -0.2) is 0 Å². The predicted molar refractivity (Wildman–Crippen MR) is 109 cm³/mol. The molecule has 1 aromatic carbocycles. The first-order valence-corrected chi connectivity index (χ1v) is 12.8. The lowest BCUT2D eigenvalue weighted by molar-refractivity contribution is 0.243. The van der Waals surface area contributed by atoms with Gasteiger partial charge in [0.05, 0.1) is 3.74 Å². The van der Waals surface area contributed by atoms with Crippen LogP contribution in [0, 0.1) is 0 Å². The summed E-state index contributed by atoms with van der Waals surface area (Å²) >= 11 is 13.5.